The van der Waals surface area contributed by atoms with Gasteiger partial charge in [-0.05, 0) is 12.1 Å². The van der Waals surface area contributed by atoms with Crippen LogP contribution in [-0.4, -0.2) is 45.7 Å². The van der Waals surface area contributed by atoms with Crippen molar-refractivity contribution in [1.29, 1.82) is 0 Å². The lowest BCUT2D eigenvalue weighted by Gasteiger charge is -2.26. The number of hydrogen-bond donors (Lipinski definition) is 1. The van der Waals surface area contributed by atoms with Gasteiger partial charge in [-0.2, -0.15) is 4.31 Å². The van der Waals surface area contributed by atoms with Gasteiger partial charge in [0.15, 0.2) is 9.84 Å². The molecule has 1 saturated heterocycles. The van der Waals surface area contributed by atoms with Crippen molar-refractivity contribution in [2.24, 2.45) is 0 Å². The maximum Gasteiger partial charge on any atom is 0.246 e. The fraction of sp³-hybridized carbons (Fsp3) is 0.400. The molecule has 0 saturated carbocycles. The van der Waals surface area contributed by atoms with Crippen LogP contribution in [0.2, 0.25) is 10.0 Å². The number of sulfone groups is 1. The highest BCUT2D eigenvalue weighted by molar-refractivity contribution is 7.92. The third kappa shape index (κ3) is 3.04. The molecule has 0 unspecified atom stereocenters. The highest BCUT2D eigenvalue weighted by Crippen LogP contribution is 2.33. The number of hydrogen-bond acceptors (Lipinski definition) is 5. The molecule has 2 rings (SSSR count). The van der Waals surface area contributed by atoms with E-state index in [1.807, 2.05) is 0 Å². The summed E-state index contributed by atoms with van der Waals surface area (Å²) in [4.78, 5) is -0.233. The van der Waals surface area contributed by atoms with Gasteiger partial charge in [0.2, 0.25) is 10.0 Å². The summed E-state index contributed by atoms with van der Waals surface area (Å²) >= 11 is 11.6. The molecule has 1 heterocycles. The standard InChI is InChI=1S/C10H12Cl2N2O4S2/c11-7-5-8(12)10(9(13)6-7)20(17,18)14-1-3-19(15,16)4-2-14/h5-6H,1-4,13H2. The van der Waals surface area contributed by atoms with Crippen molar-refractivity contribution in [3.8, 4) is 0 Å². The third-order valence-electron chi connectivity index (χ3n) is 2.94. The molecule has 1 aromatic rings. The quantitative estimate of drug-likeness (QED) is 0.795. The van der Waals surface area contributed by atoms with Crippen molar-refractivity contribution in [2.75, 3.05) is 30.3 Å². The summed E-state index contributed by atoms with van der Waals surface area (Å²) in [5, 5.41) is 0.149. The normalized spacial score (nSPS) is 19.9. The minimum atomic E-state index is -3.94. The molecule has 0 atom stereocenters. The fourth-order valence-electron chi connectivity index (χ4n) is 1.92. The first-order valence-electron chi connectivity index (χ1n) is 5.58. The first-order valence-corrected chi connectivity index (χ1v) is 9.60. The number of benzene rings is 1. The van der Waals surface area contributed by atoms with E-state index in [1.54, 1.807) is 0 Å². The summed E-state index contributed by atoms with van der Waals surface area (Å²) in [5.74, 6) is -0.422. The van der Waals surface area contributed by atoms with Crippen molar-refractivity contribution in [3.63, 3.8) is 0 Å². The molecular formula is C10H12Cl2N2O4S2. The zero-order chi connectivity index (χ0) is 15.1. The summed E-state index contributed by atoms with van der Waals surface area (Å²) in [7, 11) is -7.11. The van der Waals surface area contributed by atoms with Gasteiger partial charge in [0.25, 0.3) is 0 Å². The van der Waals surface area contributed by atoms with E-state index in [0.717, 1.165) is 4.31 Å². The van der Waals surface area contributed by atoms with Crippen molar-refractivity contribution in [1.82, 2.24) is 4.31 Å². The van der Waals surface area contributed by atoms with Crippen LogP contribution in [0, 0.1) is 0 Å². The Morgan fingerprint density at radius 1 is 1.15 bits per heavy atom. The highest BCUT2D eigenvalue weighted by atomic mass is 35.5. The molecule has 10 heteroatoms. The van der Waals surface area contributed by atoms with Crippen LogP contribution in [0.1, 0.15) is 0 Å². The number of nitrogens with two attached hydrogens (primary N) is 1. The van der Waals surface area contributed by atoms with Crippen LogP contribution in [0.4, 0.5) is 5.69 Å². The van der Waals surface area contributed by atoms with Gasteiger partial charge >= 0.3 is 0 Å². The number of nitrogens with zero attached hydrogens (tertiary/aromatic N) is 1. The van der Waals surface area contributed by atoms with E-state index < -0.39 is 19.9 Å². The second-order valence-corrected chi connectivity index (χ2v) is 9.38. The molecule has 1 fully saturated rings. The largest absolute Gasteiger partial charge is 0.398 e. The van der Waals surface area contributed by atoms with Crippen molar-refractivity contribution in [3.05, 3.63) is 22.2 Å². The maximum atomic E-state index is 12.5. The first kappa shape index (κ1) is 15.8. The minimum absolute atomic E-state index is 0.0593. The lowest BCUT2D eigenvalue weighted by atomic mass is 10.3. The molecular weight excluding hydrogens is 347 g/mol. The lowest BCUT2D eigenvalue weighted by molar-refractivity contribution is 0.431. The van der Waals surface area contributed by atoms with E-state index in [-0.39, 0.29) is 45.2 Å². The average Bonchev–Trinajstić information content (AvgIpc) is 2.26. The average molecular weight is 359 g/mol. The Kier molecular flexibility index (Phi) is 4.23. The van der Waals surface area contributed by atoms with Gasteiger partial charge in [-0.3, -0.25) is 0 Å². The molecule has 6 nitrogen and oxygen atoms in total. The Morgan fingerprint density at radius 3 is 2.20 bits per heavy atom. The Bertz CT molecular complexity index is 710. The van der Waals surface area contributed by atoms with Gasteiger partial charge in [0.1, 0.15) is 4.90 Å². The Balaban J connectivity index is 2.42. The number of halogens is 2. The van der Waals surface area contributed by atoms with Crippen LogP contribution < -0.4 is 5.73 Å². The molecule has 0 bridgehead atoms. The van der Waals surface area contributed by atoms with E-state index >= 15 is 0 Å². The van der Waals surface area contributed by atoms with Gasteiger partial charge < -0.3 is 5.73 Å². The molecule has 20 heavy (non-hydrogen) atoms. The number of anilines is 1. The van der Waals surface area contributed by atoms with Crippen LogP contribution in [0.3, 0.4) is 0 Å². The topological polar surface area (TPSA) is 97.5 Å². The summed E-state index contributed by atoms with van der Waals surface area (Å²) < 4.78 is 48.7. The summed E-state index contributed by atoms with van der Waals surface area (Å²) in [6.45, 7) is -0.216. The molecule has 1 aliphatic rings. The zero-order valence-electron chi connectivity index (χ0n) is 10.2. The third-order valence-corrected chi connectivity index (χ3v) is 7.19. The Labute approximate surface area is 127 Å². The summed E-state index contributed by atoms with van der Waals surface area (Å²) in [5.41, 5.74) is 5.62. The highest BCUT2D eigenvalue weighted by Gasteiger charge is 2.33. The molecule has 1 aromatic carbocycles. The molecule has 0 spiro atoms. The Morgan fingerprint density at radius 2 is 1.70 bits per heavy atom. The van der Waals surface area contributed by atoms with Crippen LogP contribution in [-0.2, 0) is 19.9 Å². The van der Waals surface area contributed by atoms with Crippen LogP contribution in [0.25, 0.3) is 0 Å². The van der Waals surface area contributed by atoms with Crippen LogP contribution in [0.5, 0.6) is 0 Å². The summed E-state index contributed by atoms with van der Waals surface area (Å²) in [6, 6.07) is 2.58. The van der Waals surface area contributed by atoms with Gasteiger partial charge in [-0.15, -0.1) is 0 Å². The smallest absolute Gasteiger partial charge is 0.246 e. The maximum absolute atomic E-state index is 12.5. The van der Waals surface area contributed by atoms with Gasteiger partial charge in [-0.1, -0.05) is 23.2 Å². The molecule has 0 aliphatic carbocycles. The monoisotopic (exact) mass is 358 g/mol. The number of sulfonamides is 1. The molecule has 2 N–H and O–H groups in total. The summed E-state index contributed by atoms with van der Waals surface area (Å²) in [6.07, 6.45) is 0. The van der Waals surface area contributed by atoms with Crippen LogP contribution in [0.15, 0.2) is 17.0 Å². The molecule has 1 aliphatic heterocycles. The van der Waals surface area contributed by atoms with Crippen LogP contribution >= 0.6 is 23.2 Å². The molecule has 112 valence electrons. The number of nitrogen functional groups attached to an aromatic ring is 1. The van der Waals surface area contributed by atoms with Gasteiger partial charge in [-0.25, -0.2) is 16.8 Å². The second kappa shape index (κ2) is 5.34. The fourth-order valence-corrected chi connectivity index (χ4v) is 5.74. The van der Waals surface area contributed by atoms with Crippen molar-refractivity contribution < 1.29 is 16.8 Å². The number of rotatable bonds is 2. The SMILES string of the molecule is Nc1cc(Cl)cc(Cl)c1S(=O)(=O)N1CCS(=O)(=O)CC1. The predicted molar refractivity (Wildman–Crippen MR) is 78.3 cm³/mol. The minimum Gasteiger partial charge on any atom is -0.398 e. The lowest BCUT2D eigenvalue weighted by Crippen LogP contribution is -2.43. The van der Waals surface area contributed by atoms with E-state index in [0.29, 0.717) is 0 Å². The van der Waals surface area contributed by atoms with Crippen molar-refractivity contribution >= 4 is 48.7 Å². The molecule has 0 radical (unpaired) electrons. The van der Waals surface area contributed by atoms with E-state index in [2.05, 4.69) is 0 Å². The molecule has 0 amide bonds. The van der Waals surface area contributed by atoms with Gasteiger partial charge in [0, 0.05) is 18.1 Å². The molecule has 0 aromatic heterocycles. The van der Waals surface area contributed by atoms with Crippen molar-refractivity contribution in [2.45, 2.75) is 4.90 Å². The van der Waals surface area contributed by atoms with E-state index in [4.69, 9.17) is 28.9 Å². The zero-order valence-corrected chi connectivity index (χ0v) is 13.4. The van der Waals surface area contributed by atoms with E-state index in [1.165, 1.54) is 12.1 Å². The second-order valence-electron chi connectivity index (χ2n) is 4.36. The Hall–Kier alpha value is -0.540. The first-order chi connectivity index (χ1) is 9.13. The van der Waals surface area contributed by atoms with Gasteiger partial charge in [0.05, 0.1) is 22.2 Å². The van der Waals surface area contributed by atoms with E-state index in [9.17, 15) is 16.8 Å². The predicted octanol–water partition coefficient (Wildman–Crippen LogP) is 0.995.